The molecule has 7 N–H and O–H groups in total. The van der Waals surface area contributed by atoms with E-state index in [4.69, 9.17) is 28.5 Å². The van der Waals surface area contributed by atoms with Crippen LogP contribution >= 0.6 is 11.6 Å². The number of amidine groups is 1. The third-order valence-corrected chi connectivity index (χ3v) is 5.43. The number of benzene rings is 2. The van der Waals surface area contributed by atoms with Gasteiger partial charge in [-0.1, -0.05) is 61.8 Å². The molecule has 1 heterocycles. The van der Waals surface area contributed by atoms with Crippen molar-refractivity contribution in [2.45, 2.75) is 26.8 Å². The zero-order chi connectivity index (χ0) is 24.8. The number of carbonyl (C=O) groups excluding carboxylic acids is 1. The number of nitrogens with two attached hydrogens (primary N) is 2. The zero-order valence-electron chi connectivity index (χ0n) is 19.2. The lowest BCUT2D eigenvalue weighted by atomic mass is 10.0. The number of nitrogens with one attached hydrogen (secondary N) is 2. The number of hydrogen-bond acceptors (Lipinski definition) is 5. The van der Waals surface area contributed by atoms with E-state index in [9.17, 15) is 10.0 Å². The molecule has 1 aromatic heterocycles. The van der Waals surface area contributed by atoms with Crippen molar-refractivity contribution in [2.75, 3.05) is 12.3 Å². The minimum atomic E-state index is -0.305. The third-order valence-electron chi connectivity index (χ3n) is 5.13. The van der Waals surface area contributed by atoms with Gasteiger partial charge in [0.1, 0.15) is 5.84 Å². The van der Waals surface area contributed by atoms with Crippen molar-refractivity contribution in [3.8, 4) is 11.1 Å². The molecule has 0 radical (unpaired) electrons. The summed E-state index contributed by atoms with van der Waals surface area (Å²) >= 11 is 6.62. The van der Waals surface area contributed by atoms with Crippen molar-refractivity contribution < 1.29 is 10.0 Å². The molecule has 0 atom stereocenters. The van der Waals surface area contributed by atoms with Crippen LogP contribution in [0, 0.1) is 11.3 Å². The van der Waals surface area contributed by atoms with Crippen molar-refractivity contribution in [1.82, 2.24) is 10.0 Å². The SMILES string of the molecule is CC(C)CN=c1cc(Cl)c(-c2cccc(N)c2)c(CC(=O)NCc2ccc(C(=N)N)cc2)n1O. The average molecular weight is 481 g/mol. The number of pyridine rings is 1. The summed E-state index contributed by atoms with van der Waals surface area (Å²) in [6.45, 7) is 4.81. The molecule has 0 aliphatic rings. The Bertz CT molecular complexity index is 1270. The van der Waals surface area contributed by atoms with Gasteiger partial charge in [0.05, 0.1) is 17.1 Å². The highest BCUT2D eigenvalue weighted by Gasteiger charge is 2.19. The highest BCUT2D eigenvalue weighted by Crippen LogP contribution is 2.31. The summed E-state index contributed by atoms with van der Waals surface area (Å²) in [7, 11) is 0. The molecule has 0 bridgehead atoms. The number of nitrogen functional groups attached to an aromatic ring is 2. The van der Waals surface area contributed by atoms with E-state index in [1.165, 1.54) is 0 Å². The maximum absolute atomic E-state index is 12.9. The standard InChI is InChI=1S/C25H29ClN6O2/c1-15(2)13-30-22-11-20(26)24(18-4-3-5-19(27)10-18)21(32(22)34)12-23(33)31-14-16-6-8-17(9-7-16)25(28)29/h3-11,15,34H,12-14,27H2,1-2H3,(H3,28,29)(H,31,33). The van der Waals surface area contributed by atoms with E-state index in [-0.39, 0.29) is 36.1 Å². The van der Waals surface area contributed by atoms with E-state index in [0.29, 0.717) is 39.6 Å². The molecule has 34 heavy (non-hydrogen) atoms. The molecule has 0 spiro atoms. The van der Waals surface area contributed by atoms with Gasteiger partial charge in [-0.15, -0.1) is 0 Å². The number of halogens is 1. The number of rotatable bonds is 8. The maximum atomic E-state index is 12.9. The van der Waals surface area contributed by atoms with Crippen molar-refractivity contribution in [3.63, 3.8) is 0 Å². The van der Waals surface area contributed by atoms with Crippen LogP contribution in [0.15, 0.2) is 59.6 Å². The Morgan fingerprint density at radius 1 is 1.21 bits per heavy atom. The van der Waals surface area contributed by atoms with E-state index in [2.05, 4.69) is 10.3 Å². The Labute approximate surface area is 203 Å². The average Bonchev–Trinajstić information content (AvgIpc) is 2.79. The number of aromatic nitrogens is 1. The molecule has 0 aliphatic carbocycles. The van der Waals surface area contributed by atoms with E-state index in [1.807, 2.05) is 19.9 Å². The summed E-state index contributed by atoms with van der Waals surface area (Å²) in [5, 5.41) is 21.7. The molecule has 8 nitrogen and oxygen atoms in total. The summed E-state index contributed by atoms with van der Waals surface area (Å²) in [6.07, 6.45) is -0.128. The normalized spacial score (nSPS) is 11.6. The number of anilines is 1. The van der Waals surface area contributed by atoms with Crippen molar-refractivity contribution in [3.05, 3.63) is 81.9 Å². The van der Waals surface area contributed by atoms with Crippen LogP contribution in [0.1, 0.15) is 30.7 Å². The molecule has 9 heteroatoms. The Morgan fingerprint density at radius 3 is 2.53 bits per heavy atom. The molecule has 1 amide bonds. The van der Waals surface area contributed by atoms with E-state index in [0.717, 1.165) is 10.3 Å². The van der Waals surface area contributed by atoms with Gasteiger partial charge in [-0.05, 0) is 29.2 Å². The van der Waals surface area contributed by atoms with Crippen molar-refractivity contribution in [1.29, 1.82) is 5.41 Å². The van der Waals surface area contributed by atoms with Crippen LogP contribution in [-0.4, -0.2) is 28.2 Å². The number of carbonyl (C=O) groups is 1. The molecule has 0 aliphatic heterocycles. The molecular weight excluding hydrogens is 452 g/mol. The predicted molar refractivity (Wildman–Crippen MR) is 135 cm³/mol. The highest BCUT2D eigenvalue weighted by molar-refractivity contribution is 6.33. The van der Waals surface area contributed by atoms with Crippen molar-refractivity contribution >= 4 is 29.0 Å². The van der Waals surface area contributed by atoms with Gasteiger partial charge >= 0.3 is 0 Å². The van der Waals surface area contributed by atoms with Crippen LogP contribution in [-0.2, 0) is 17.8 Å². The Morgan fingerprint density at radius 2 is 1.91 bits per heavy atom. The minimum absolute atomic E-state index is 0.0168. The molecular formula is C25H29ClN6O2. The van der Waals surface area contributed by atoms with Gasteiger partial charge < -0.3 is 22.0 Å². The topological polar surface area (TPSA) is 143 Å². The molecule has 3 aromatic rings. The number of hydrogen-bond donors (Lipinski definition) is 5. The summed E-state index contributed by atoms with van der Waals surface area (Å²) in [5.41, 5.74) is 15.2. The smallest absolute Gasteiger partial charge is 0.226 e. The first kappa shape index (κ1) is 24.9. The molecule has 0 saturated heterocycles. The maximum Gasteiger partial charge on any atom is 0.226 e. The largest absolute Gasteiger partial charge is 0.427 e. The fourth-order valence-electron chi connectivity index (χ4n) is 3.40. The quantitative estimate of drug-likeness (QED) is 0.146. The fourth-order valence-corrected chi connectivity index (χ4v) is 3.71. The third kappa shape index (κ3) is 6.17. The molecule has 178 valence electrons. The van der Waals surface area contributed by atoms with Gasteiger partial charge in [0.15, 0.2) is 5.49 Å². The molecule has 3 rings (SSSR count). The van der Waals surface area contributed by atoms with Crippen LogP contribution < -0.4 is 22.3 Å². The molecule has 2 aromatic carbocycles. The van der Waals surface area contributed by atoms with Gasteiger partial charge in [-0.2, -0.15) is 4.73 Å². The summed E-state index contributed by atoms with van der Waals surface area (Å²) in [5.74, 6) is -0.0361. The predicted octanol–water partition coefficient (Wildman–Crippen LogP) is 3.33. The van der Waals surface area contributed by atoms with Gasteiger partial charge in [0.2, 0.25) is 5.91 Å². The second-order valence-corrected chi connectivity index (χ2v) is 8.82. The molecule has 0 fully saturated rings. The molecule has 0 unspecified atom stereocenters. The van der Waals surface area contributed by atoms with Crippen LogP contribution in [0.5, 0.6) is 0 Å². The minimum Gasteiger partial charge on any atom is -0.427 e. The Balaban J connectivity index is 1.93. The lowest BCUT2D eigenvalue weighted by molar-refractivity contribution is -0.120. The Kier molecular flexibility index (Phi) is 7.96. The second-order valence-electron chi connectivity index (χ2n) is 8.41. The van der Waals surface area contributed by atoms with Gasteiger partial charge in [-0.25, -0.2) is 0 Å². The van der Waals surface area contributed by atoms with E-state index in [1.54, 1.807) is 48.5 Å². The first-order valence-corrected chi connectivity index (χ1v) is 11.2. The van der Waals surface area contributed by atoms with Gasteiger partial charge in [0, 0.05) is 36.0 Å². The van der Waals surface area contributed by atoms with Gasteiger partial charge in [-0.3, -0.25) is 15.2 Å². The lowest BCUT2D eigenvalue weighted by Gasteiger charge is -2.16. The Hall–Kier alpha value is -3.78. The van der Waals surface area contributed by atoms with Gasteiger partial charge in [0.25, 0.3) is 0 Å². The summed E-state index contributed by atoms with van der Waals surface area (Å²) in [6, 6.07) is 15.7. The molecule has 0 saturated carbocycles. The number of amides is 1. The lowest BCUT2D eigenvalue weighted by Crippen LogP contribution is -2.30. The summed E-state index contributed by atoms with van der Waals surface area (Å²) < 4.78 is 0.925. The fraction of sp³-hybridized carbons (Fsp3) is 0.240. The number of nitrogens with zero attached hydrogens (tertiary/aromatic N) is 2. The van der Waals surface area contributed by atoms with Crippen LogP contribution in [0.25, 0.3) is 11.1 Å². The first-order valence-electron chi connectivity index (χ1n) is 10.9. The van der Waals surface area contributed by atoms with Crippen LogP contribution in [0.3, 0.4) is 0 Å². The summed E-state index contributed by atoms with van der Waals surface area (Å²) in [4.78, 5) is 17.3. The van der Waals surface area contributed by atoms with Crippen LogP contribution in [0.2, 0.25) is 5.02 Å². The monoisotopic (exact) mass is 480 g/mol. The second kappa shape index (κ2) is 10.9. The first-order chi connectivity index (χ1) is 16.2. The van der Waals surface area contributed by atoms with E-state index < -0.39 is 0 Å². The van der Waals surface area contributed by atoms with E-state index >= 15 is 0 Å². The van der Waals surface area contributed by atoms with Crippen molar-refractivity contribution in [2.24, 2.45) is 16.6 Å². The van der Waals surface area contributed by atoms with Crippen LogP contribution in [0.4, 0.5) is 5.69 Å². The zero-order valence-corrected chi connectivity index (χ0v) is 19.9. The highest BCUT2D eigenvalue weighted by atomic mass is 35.5.